The minimum atomic E-state index is 0.463. The lowest BCUT2D eigenvalue weighted by atomic mass is 10.1. The molecule has 1 atom stereocenters. The molecule has 0 aliphatic rings. The Morgan fingerprint density at radius 2 is 1.66 bits per heavy atom. The minimum Gasteiger partial charge on any atom is -0.343 e. The first-order chi connectivity index (χ1) is 14.2. The summed E-state index contributed by atoms with van der Waals surface area (Å²) < 4.78 is 2.33. The number of nitrogens with one attached hydrogen (secondary N) is 1. The summed E-state index contributed by atoms with van der Waals surface area (Å²) in [5.41, 5.74) is 5.23. The predicted octanol–water partition coefficient (Wildman–Crippen LogP) is 6.45. The van der Waals surface area contributed by atoms with Crippen molar-refractivity contribution >= 4 is 22.5 Å². The molecule has 1 heterocycles. The van der Waals surface area contributed by atoms with Crippen LogP contribution in [0.15, 0.2) is 85.1 Å². The van der Waals surface area contributed by atoms with Gasteiger partial charge in [-0.3, -0.25) is 0 Å². The van der Waals surface area contributed by atoms with Crippen LogP contribution >= 0.6 is 11.6 Å². The van der Waals surface area contributed by atoms with Crippen molar-refractivity contribution in [3.8, 4) is 0 Å². The molecule has 1 aromatic heterocycles. The van der Waals surface area contributed by atoms with Crippen LogP contribution in [0, 0.1) is 0 Å². The fraction of sp³-hybridized carbons (Fsp3) is 0.231. The van der Waals surface area contributed by atoms with Crippen LogP contribution in [0.3, 0.4) is 0 Å². The minimum absolute atomic E-state index is 0.463. The molecule has 0 spiro atoms. The summed E-state index contributed by atoms with van der Waals surface area (Å²) in [5, 5.41) is 5.82. The zero-order valence-corrected chi connectivity index (χ0v) is 17.6. The third kappa shape index (κ3) is 5.09. The molecule has 0 bridgehead atoms. The third-order valence-corrected chi connectivity index (χ3v) is 5.70. The van der Waals surface area contributed by atoms with Crippen LogP contribution in [0.25, 0.3) is 10.9 Å². The van der Waals surface area contributed by atoms with Gasteiger partial charge in [0.05, 0.1) is 0 Å². The summed E-state index contributed by atoms with van der Waals surface area (Å²) in [6.45, 7) is 3.97. The second-order valence-corrected chi connectivity index (χ2v) is 8.17. The normalized spacial score (nSPS) is 12.3. The molecule has 2 nitrogen and oxygen atoms in total. The summed E-state index contributed by atoms with van der Waals surface area (Å²) in [7, 11) is 0. The standard InChI is InChI=1S/C26H27ClN2/c1-20(14-15-21-8-3-2-4-9-21)28-17-23-19-29(26-13-6-5-12-25(23)26)18-22-10-7-11-24(27)16-22/h2-13,16,19-20,28H,14-15,17-18H2,1H3/t20-/m1/s1. The van der Waals surface area contributed by atoms with Crippen LogP contribution in [0.2, 0.25) is 5.02 Å². The average molecular weight is 403 g/mol. The molecule has 0 radical (unpaired) electrons. The molecule has 0 fully saturated rings. The van der Waals surface area contributed by atoms with Crippen LogP contribution in [-0.2, 0) is 19.5 Å². The maximum Gasteiger partial charge on any atom is 0.0486 e. The number of hydrogen-bond donors (Lipinski definition) is 1. The molecule has 3 aromatic carbocycles. The molecule has 0 unspecified atom stereocenters. The van der Waals surface area contributed by atoms with Gasteiger partial charge in [-0.25, -0.2) is 0 Å². The van der Waals surface area contributed by atoms with Crippen LogP contribution < -0.4 is 5.32 Å². The van der Waals surface area contributed by atoms with Crippen molar-refractivity contribution in [3.63, 3.8) is 0 Å². The monoisotopic (exact) mass is 402 g/mol. The second kappa shape index (κ2) is 9.30. The lowest BCUT2D eigenvalue weighted by Gasteiger charge is -2.13. The van der Waals surface area contributed by atoms with Crippen molar-refractivity contribution in [1.29, 1.82) is 0 Å². The zero-order valence-electron chi connectivity index (χ0n) is 16.8. The van der Waals surface area contributed by atoms with E-state index in [1.54, 1.807) is 0 Å². The van der Waals surface area contributed by atoms with Gasteiger partial charge in [0.2, 0.25) is 0 Å². The largest absolute Gasteiger partial charge is 0.343 e. The quantitative estimate of drug-likeness (QED) is 0.358. The van der Waals surface area contributed by atoms with E-state index in [-0.39, 0.29) is 0 Å². The maximum atomic E-state index is 6.17. The second-order valence-electron chi connectivity index (χ2n) is 7.74. The van der Waals surface area contributed by atoms with E-state index in [0.717, 1.165) is 31.0 Å². The highest BCUT2D eigenvalue weighted by Crippen LogP contribution is 2.23. The molecule has 0 saturated heterocycles. The molecule has 29 heavy (non-hydrogen) atoms. The first-order valence-electron chi connectivity index (χ1n) is 10.3. The van der Waals surface area contributed by atoms with Crippen molar-refractivity contribution in [1.82, 2.24) is 9.88 Å². The molecule has 148 valence electrons. The summed E-state index contributed by atoms with van der Waals surface area (Å²) in [6, 6.07) is 27.9. The Morgan fingerprint density at radius 3 is 2.48 bits per heavy atom. The van der Waals surface area contributed by atoms with Gasteiger partial charge in [-0.05, 0) is 54.7 Å². The molecule has 0 amide bonds. The lowest BCUT2D eigenvalue weighted by molar-refractivity contribution is 0.514. The fourth-order valence-corrected chi connectivity index (χ4v) is 4.05. The number of para-hydroxylation sites is 1. The molecular weight excluding hydrogens is 376 g/mol. The maximum absolute atomic E-state index is 6.17. The van der Waals surface area contributed by atoms with E-state index in [9.17, 15) is 0 Å². The molecule has 0 aliphatic carbocycles. The van der Waals surface area contributed by atoms with Gasteiger partial charge in [-0.2, -0.15) is 0 Å². The highest BCUT2D eigenvalue weighted by Gasteiger charge is 2.10. The van der Waals surface area contributed by atoms with Gasteiger partial charge in [0.25, 0.3) is 0 Å². The van der Waals surface area contributed by atoms with E-state index in [4.69, 9.17) is 11.6 Å². The molecular formula is C26H27ClN2. The SMILES string of the molecule is C[C@H](CCc1ccccc1)NCc1cn(Cc2cccc(Cl)c2)c2ccccc12. The van der Waals surface area contributed by atoms with Gasteiger partial charge in [0, 0.05) is 41.3 Å². The number of halogens is 1. The summed E-state index contributed by atoms with van der Waals surface area (Å²) >= 11 is 6.17. The molecule has 3 heteroatoms. The molecule has 0 saturated carbocycles. The lowest BCUT2D eigenvalue weighted by Crippen LogP contribution is -2.25. The number of fused-ring (bicyclic) bond motifs is 1. The van der Waals surface area contributed by atoms with Crippen molar-refractivity contribution in [3.05, 3.63) is 107 Å². The Balaban J connectivity index is 1.44. The summed E-state index contributed by atoms with van der Waals surface area (Å²) in [4.78, 5) is 0. The molecule has 0 aliphatic heterocycles. The Labute approximate surface area is 178 Å². The van der Waals surface area contributed by atoms with Crippen LogP contribution in [0.1, 0.15) is 30.0 Å². The van der Waals surface area contributed by atoms with Crippen LogP contribution in [0.4, 0.5) is 0 Å². The van der Waals surface area contributed by atoms with Crippen molar-refractivity contribution in [2.45, 2.75) is 38.9 Å². The summed E-state index contributed by atoms with van der Waals surface area (Å²) in [5.74, 6) is 0. The first-order valence-corrected chi connectivity index (χ1v) is 10.7. The topological polar surface area (TPSA) is 17.0 Å². The Morgan fingerprint density at radius 1 is 0.897 bits per heavy atom. The average Bonchev–Trinajstić information content (AvgIpc) is 3.09. The van der Waals surface area contributed by atoms with E-state index >= 15 is 0 Å². The van der Waals surface area contributed by atoms with E-state index < -0.39 is 0 Å². The first kappa shape index (κ1) is 19.8. The van der Waals surface area contributed by atoms with Crippen LogP contribution in [0.5, 0.6) is 0 Å². The smallest absolute Gasteiger partial charge is 0.0486 e. The van der Waals surface area contributed by atoms with Crippen molar-refractivity contribution in [2.24, 2.45) is 0 Å². The Kier molecular flexibility index (Phi) is 6.33. The highest BCUT2D eigenvalue weighted by molar-refractivity contribution is 6.30. The Hall–Kier alpha value is -2.55. The number of nitrogens with zero attached hydrogens (tertiary/aromatic N) is 1. The zero-order chi connectivity index (χ0) is 20.1. The number of aromatic nitrogens is 1. The van der Waals surface area contributed by atoms with Gasteiger partial charge < -0.3 is 9.88 Å². The molecule has 4 aromatic rings. The fourth-order valence-electron chi connectivity index (χ4n) is 3.84. The van der Waals surface area contributed by atoms with Gasteiger partial charge in [-0.15, -0.1) is 0 Å². The Bertz CT molecular complexity index is 1070. The van der Waals surface area contributed by atoms with E-state index in [0.29, 0.717) is 6.04 Å². The predicted molar refractivity (Wildman–Crippen MR) is 124 cm³/mol. The summed E-state index contributed by atoms with van der Waals surface area (Å²) in [6.07, 6.45) is 4.51. The number of aryl methyl sites for hydroxylation is 1. The highest BCUT2D eigenvalue weighted by atomic mass is 35.5. The molecule has 1 N–H and O–H groups in total. The number of rotatable bonds is 8. The van der Waals surface area contributed by atoms with E-state index in [1.807, 2.05) is 18.2 Å². The van der Waals surface area contributed by atoms with E-state index in [1.165, 1.54) is 27.6 Å². The van der Waals surface area contributed by atoms with Gasteiger partial charge >= 0.3 is 0 Å². The van der Waals surface area contributed by atoms with Crippen molar-refractivity contribution in [2.75, 3.05) is 0 Å². The third-order valence-electron chi connectivity index (χ3n) is 5.46. The molecule has 4 rings (SSSR count). The van der Waals surface area contributed by atoms with Crippen LogP contribution in [-0.4, -0.2) is 10.6 Å². The number of benzene rings is 3. The number of hydrogen-bond acceptors (Lipinski definition) is 1. The van der Waals surface area contributed by atoms with Gasteiger partial charge in [0.15, 0.2) is 0 Å². The van der Waals surface area contributed by atoms with E-state index in [2.05, 4.69) is 83.7 Å². The van der Waals surface area contributed by atoms with Crippen molar-refractivity contribution < 1.29 is 0 Å². The van der Waals surface area contributed by atoms with Gasteiger partial charge in [-0.1, -0.05) is 72.3 Å². The van der Waals surface area contributed by atoms with Gasteiger partial charge in [0.1, 0.15) is 0 Å².